The summed E-state index contributed by atoms with van der Waals surface area (Å²) in [7, 11) is 3.04. The number of carbonyl (C=O) groups is 3. The van der Waals surface area contributed by atoms with Gasteiger partial charge in [0.1, 0.15) is 5.75 Å². The van der Waals surface area contributed by atoms with E-state index in [0.717, 1.165) is 28.8 Å². The van der Waals surface area contributed by atoms with Crippen LogP contribution in [0.4, 0.5) is 21.9 Å². The van der Waals surface area contributed by atoms with Crippen molar-refractivity contribution < 1.29 is 29.0 Å². The molecule has 1 heterocycles. The van der Waals surface area contributed by atoms with Gasteiger partial charge in [0.2, 0.25) is 5.91 Å². The maximum Gasteiger partial charge on any atom is 0.326 e. The maximum atomic E-state index is 12.9. The van der Waals surface area contributed by atoms with E-state index in [1.165, 1.54) is 14.2 Å². The van der Waals surface area contributed by atoms with Gasteiger partial charge in [-0.25, -0.2) is 4.79 Å². The Bertz CT molecular complexity index is 1330. The normalized spacial score (nSPS) is 12.9. The number of urea groups is 1. The largest absolute Gasteiger partial charge is 0.495 e. The van der Waals surface area contributed by atoms with Crippen LogP contribution in [0.1, 0.15) is 35.6 Å². The minimum atomic E-state index is -0.890. The van der Waals surface area contributed by atoms with Gasteiger partial charge in [0.15, 0.2) is 0 Å². The van der Waals surface area contributed by atoms with Crippen LogP contribution < -0.4 is 20.3 Å². The Labute approximate surface area is 221 Å². The van der Waals surface area contributed by atoms with E-state index < -0.39 is 5.97 Å². The molecule has 3 aromatic rings. The molecule has 198 valence electrons. The zero-order valence-corrected chi connectivity index (χ0v) is 21.4. The van der Waals surface area contributed by atoms with Gasteiger partial charge >= 0.3 is 12.0 Å². The van der Waals surface area contributed by atoms with E-state index in [-0.39, 0.29) is 30.9 Å². The number of fused-ring (bicyclic) bond motifs is 1. The number of hydrogen-bond acceptors (Lipinski definition) is 5. The van der Waals surface area contributed by atoms with Crippen molar-refractivity contribution in [1.82, 2.24) is 0 Å². The van der Waals surface area contributed by atoms with Crippen molar-refractivity contribution in [1.29, 1.82) is 0 Å². The fourth-order valence-corrected chi connectivity index (χ4v) is 4.56. The molecule has 1 aliphatic rings. The number of carboxylic acid groups (broad SMARTS) is 1. The first-order valence-electron chi connectivity index (χ1n) is 12.4. The molecule has 3 N–H and O–H groups in total. The molecule has 38 heavy (non-hydrogen) atoms. The van der Waals surface area contributed by atoms with Gasteiger partial charge in [0.05, 0.1) is 25.3 Å². The molecule has 0 radical (unpaired) electrons. The highest BCUT2D eigenvalue weighted by Crippen LogP contribution is 2.31. The summed E-state index contributed by atoms with van der Waals surface area (Å²) < 4.78 is 10.9. The Morgan fingerprint density at radius 1 is 1.00 bits per heavy atom. The lowest BCUT2D eigenvalue weighted by Gasteiger charge is -2.19. The minimum absolute atomic E-state index is 0.0152. The maximum absolute atomic E-state index is 12.9. The van der Waals surface area contributed by atoms with Crippen molar-refractivity contribution in [2.45, 2.75) is 31.8 Å². The molecule has 0 aromatic heterocycles. The molecule has 0 bridgehead atoms. The number of carbonyl (C=O) groups excluding carboxylic acids is 2. The number of rotatable bonds is 10. The highest BCUT2D eigenvalue weighted by atomic mass is 16.5. The lowest BCUT2D eigenvalue weighted by atomic mass is 10.0. The zero-order chi connectivity index (χ0) is 27.1. The van der Waals surface area contributed by atoms with Crippen LogP contribution in [0, 0.1) is 0 Å². The number of nitrogens with one attached hydrogen (secondary N) is 2. The lowest BCUT2D eigenvalue weighted by molar-refractivity contribution is -0.137. The van der Waals surface area contributed by atoms with E-state index in [1.54, 1.807) is 41.3 Å². The smallest absolute Gasteiger partial charge is 0.326 e. The van der Waals surface area contributed by atoms with Gasteiger partial charge in [-0.3, -0.25) is 14.5 Å². The first-order valence-corrected chi connectivity index (χ1v) is 12.4. The Hall–Kier alpha value is -4.37. The average Bonchev–Trinajstić information content (AvgIpc) is 3.34. The average molecular weight is 518 g/mol. The summed E-state index contributed by atoms with van der Waals surface area (Å²) in [5.41, 5.74) is 4.65. The van der Waals surface area contributed by atoms with E-state index in [9.17, 15) is 14.4 Å². The number of anilines is 3. The van der Waals surface area contributed by atoms with Gasteiger partial charge in [-0.15, -0.1) is 0 Å². The van der Waals surface area contributed by atoms with E-state index in [1.807, 2.05) is 30.3 Å². The highest BCUT2D eigenvalue weighted by molar-refractivity contribution is 6.04. The Morgan fingerprint density at radius 2 is 1.82 bits per heavy atom. The summed E-state index contributed by atoms with van der Waals surface area (Å²) in [6, 6.07) is 20.0. The number of carboxylic acids is 1. The molecule has 0 aliphatic carbocycles. The summed E-state index contributed by atoms with van der Waals surface area (Å²) in [5.74, 6) is -0.660. The van der Waals surface area contributed by atoms with E-state index in [4.69, 9.17) is 14.6 Å². The molecule has 9 nitrogen and oxygen atoms in total. The van der Waals surface area contributed by atoms with Gasteiger partial charge in [-0.05, 0) is 59.9 Å². The Kier molecular flexibility index (Phi) is 8.60. The van der Waals surface area contributed by atoms with Crippen molar-refractivity contribution in [3.63, 3.8) is 0 Å². The van der Waals surface area contributed by atoms with E-state index in [0.29, 0.717) is 30.1 Å². The summed E-state index contributed by atoms with van der Waals surface area (Å²) in [4.78, 5) is 38.3. The van der Waals surface area contributed by atoms with Gasteiger partial charge in [0.25, 0.3) is 0 Å². The fraction of sp³-hybridized carbons (Fsp3) is 0.276. The molecule has 9 heteroatoms. The number of benzene rings is 3. The number of hydrogen-bond donors (Lipinski definition) is 3. The topological polar surface area (TPSA) is 117 Å². The summed E-state index contributed by atoms with van der Waals surface area (Å²) >= 11 is 0. The van der Waals surface area contributed by atoms with E-state index in [2.05, 4.69) is 10.6 Å². The minimum Gasteiger partial charge on any atom is -0.495 e. The fourth-order valence-electron chi connectivity index (χ4n) is 4.56. The molecule has 0 saturated heterocycles. The van der Waals surface area contributed by atoms with Crippen molar-refractivity contribution >= 4 is 35.0 Å². The summed E-state index contributed by atoms with van der Waals surface area (Å²) in [5, 5.41) is 14.8. The zero-order valence-electron chi connectivity index (χ0n) is 21.4. The van der Waals surface area contributed by atoms with Crippen LogP contribution in [0.5, 0.6) is 5.75 Å². The van der Waals surface area contributed by atoms with Gasteiger partial charge in [0, 0.05) is 31.5 Å². The molecular formula is C29H31N3O6. The number of para-hydroxylation sites is 1. The number of amides is 3. The predicted octanol–water partition coefficient (Wildman–Crippen LogP) is 5.02. The second kappa shape index (κ2) is 12.2. The summed E-state index contributed by atoms with van der Waals surface area (Å²) in [6.07, 6.45) is 0.839. The molecule has 3 amide bonds. The monoisotopic (exact) mass is 517 g/mol. The SMILES string of the molecule is COc1cc(CC(=O)Nc2cccc(C(CCC(=O)O)OC)c2)ccc1NC(=O)N1CCc2ccccc21. The van der Waals surface area contributed by atoms with Crippen LogP contribution in [-0.2, 0) is 27.2 Å². The van der Waals surface area contributed by atoms with E-state index >= 15 is 0 Å². The van der Waals surface area contributed by atoms with Gasteiger partial charge in [-0.2, -0.15) is 0 Å². The number of nitrogens with zero attached hydrogens (tertiary/aromatic N) is 1. The highest BCUT2D eigenvalue weighted by Gasteiger charge is 2.25. The molecule has 0 spiro atoms. The molecule has 1 unspecified atom stereocenters. The molecule has 1 atom stereocenters. The molecular weight excluding hydrogens is 486 g/mol. The second-order valence-corrected chi connectivity index (χ2v) is 9.00. The molecule has 0 fully saturated rings. The van der Waals surface area contributed by atoms with Crippen LogP contribution in [0.25, 0.3) is 0 Å². The van der Waals surface area contributed by atoms with Crippen molar-refractivity contribution in [3.8, 4) is 5.75 Å². The van der Waals surface area contributed by atoms with Crippen molar-refractivity contribution in [2.24, 2.45) is 0 Å². The summed E-state index contributed by atoms with van der Waals surface area (Å²) in [6.45, 7) is 0.609. The Balaban J connectivity index is 1.39. The number of methoxy groups -OCH3 is 2. The van der Waals surface area contributed by atoms with Crippen LogP contribution in [-0.4, -0.2) is 43.8 Å². The quantitative estimate of drug-likeness (QED) is 0.348. The Morgan fingerprint density at radius 3 is 2.58 bits per heavy atom. The van der Waals surface area contributed by atoms with Crippen LogP contribution in [0.3, 0.4) is 0 Å². The third-order valence-corrected chi connectivity index (χ3v) is 6.45. The van der Waals surface area contributed by atoms with Gasteiger partial charge < -0.3 is 25.2 Å². The van der Waals surface area contributed by atoms with Crippen LogP contribution in [0.2, 0.25) is 0 Å². The lowest BCUT2D eigenvalue weighted by Crippen LogP contribution is -2.33. The van der Waals surface area contributed by atoms with Crippen LogP contribution >= 0.6 is 0 Å². The number of ether oxygens (including phenoxy) is 2. The second-order valence-electron chi connectivity index (χ2n) is 9.00. The standard InChI is InChI=1S/C29H31N3O6/c1-37-25(12-13-28(34)35)21-7-5-8-22(18-21)30-27(33)17-19-10-11-23(26(16-19)38-2)31-29(36)32-15-14-20-6-3-4-9-24(20)32/h3-11,16,18,25H,12-15,17H2,1-2H3,(H,30,33)(H,31,36)(H,34,35). The predicted molar refractivity (Wildman–Crippen MR) is 145 cm³/mol. The number of aliphatic carboxylic acids is 1. The van der Waals surface area contributed by atoms with Crippen LogP contribution in [0.15, 0.2) is 66.7 Å². The molecule has 1 aliphatic heterocycles. The van der Waals surface area contributed by atoms with Crippen molar-refractivity contribution in [3.05, 3.63) is 83.4 Å². The third-order valence-electron chi connectivity index (χ3n) is 6.45. The third kappa shape index (κ3) is 6.49. The first kappa shape index (κ1) is 26.7. The molecule has 3 aromatic carbocycles. The molecule has 4 rings (SSSR count). The molecule has 0 saturated carbocycles. The van der Waals surface area contributed by atoms with Crippen molar-refractivity contribution in [2.75, 3.05) is 36.3 Å². The first-order chi connectivity index (χ1) is 18.4. The van der Waals surface area contributed by atoms with Gasteiger partial charge in [-0.1, -0.05) is 36.4 Å².